The molecule has 1 aromatic heterocycles. The molecule has 3 rings (SSSR count). The van der Waals surface area contributed by atoms with Crippen LogP contribution in [0.15, 0.2) is 11.0 Å². The highest BCUT2D eigenvalue weighted by Crippen LogP contribution is 2.26. The summed E-state index contributed by atoms with van der Waals surface area (Å²) < 4.78 is 29.0. The first-order valence-corrected chi connectivity index (χ1v) is 11.3. The van der Waals surface area contributed by atoms with E-state index < -0.39 is 10.0 Å². The number of carbonyl (C=O) groups excluding carboxylic acids is 1. The molecule has 7 heteroatoms. The Bertz CT molecular complexity index is 740. The number of nitrogens with zero attached hydrogens (tertiary/aromatic N) is 2. The van der Waals surface area contributed by atoms with E-state index in [-0.39, 0.29) is 16.8 Å². The molecule has 1 amide bonds. The maximum absolute atomic E-state index is 12.9. The molecule has 1 aliphatic carbocycles. The summed E-state index contributed by atoms with van der Waals surface area (Å²) in [5.41, 5.74) is 1.06. The second-order valence-corrected chi connectivity index (χ2v) is 9.57. The largest absolute Gasteiger partial charge is 0.348 e. The fourth-order valence-corrected chi connectivity index (χ4v) is 5.87. The molecule has 1 saturated carbocycles. The number of nitrogens with one attached hydrogen (secondary N) is 1. The Hall–Kier alpha value is -1.34. The van der Waals surface area contributed by atoms with Crippen molar-refractivity contribution in [3.8, 4) is 0 Å². The van der Waals surface area contributed by atoms with E-state index in [4.69, 9.17) is 0 Å². The molecule has 2 heterocycles. The molecular formula is C19H31N3O3S. The van der Waals surface area contributed by atoms with Gasteiger partial charge in [0.1, 0.15) is 10.6 Å². The minimum absolute atomic E-state index is 0.163. The molecule has 1 aliphatic heterocycles. The van der Waals surface area contributed by atoms with Crippen molar-refractivity contribution in [2.24, 2.45) is 7.05 Å². The summed E-state index contributed by atoms with van der Waals surface area (Å²) >= 11 is 0. The molecule has 0 bridgehead atoms. The van der Waals surface area contributed by atoms with Crippen molar-refractivity contribution < 1.29 is 13.2 Å². The molecule has 0 unspecified atom stereocenters. The van der Waals surface area contributed by atoms with Gasteiger partial charge in [-0.3, -0.25) is 4.79 Å². The summed E-state index contributed by atoms with van der Waals surface area (Å²) in [6.45, 7) is 2.91. The van der Waals surface area contributed by atoms with Gasteiger partial charge in [0.2, 0.25) is 10.0 Å². The SMILES string of the molecule is Cc1c(S(=O)(=O)N2CCCC2)cc(C(=O)NC2CCCCCCC2)n1C. The first-order chi connectivity index (χ1) is 12.4. The van der Waals surface area contributed by atoms with E-state index in [0.29, 0.717) is 24.5 Å². The third-order valence-electron chi connectivity index (χ3n) is 5.84. The third kappa shape index (κ3) is 3.98. The molecule has 0 spiro atoms. The van der Waals surface area contributed by atoms with Gasteiger partial charge in [0.25, 0.3) is 5.91 Å². The smallest absolute Gasteiger partial charge is 0.268 e. The van der Waals surface area contributed by atoms with Crippen LogP contribution in [0.5, 0.6) is 0 Å². The molecule has 2 aliphatic rings. The second-order valence-electron chi connectivity index (χ2n) is 7.66. The van der Waals surface area contributed by atoms with Crippen molar-refractivity contribution >= 4 is 15.9 Å². The van der Waals surface area contributed by atoms with Gasteiger partial charge in [0.15, 0.2) is 0 Å². The highest BCUT2D eigenvalue weighted by molar-refractivity contribution is 7.89. The van der Waals surface area contributed by atoms with Gasteiger partial charge in [-0.15, -0.1) is 0 Å². The Morgan fingerprint density at radius 1 is 1.04 bits per heavy atom. The Morgan fingerprint density at radius 2 is 1.62 bits per heavy atom. The summed E-state index contributed by atoms with van der Waals surface area (Å²) in [5.74, 6) is -0.163. The molecule has 1 aromatic rings. The van der Waals surface area contributed by atoms with Crippen LogP contribution in [0.25, 0.3) is 0 Å². The third-order valence-corrected chi connectivity index (χ3v) is 7.86. The normalized spacial score (nSPS) is 20.7. The van der Waals surface area contributed by atoms with Crippen LogP contribution in [-0.4, -0.2) is 42.3 Å². The number of rotatable bonds is 4. The second kappa shape index (κ2) is 8.13. The average Bonchev–Trinajstić information content (AvgIpc) is 3.20. The maximum Gasteiger partial charge on any atom is 0.268 e. The number of carbonyl (C=O) groups is 1. The van der Waals surface area contributed by atoms with Crippen LogP contribution >= 0.6 is 0 Å². The van der Waals surface area contributed by atoms with Gasteiger partial charge in [-0.25, -0.2) is 8.42 Å². The summed E-state index contributed by atoms with van der Waals surface area (Å²) in [5, 5.41) is 3.14. The van der Waals surface area contributed by atoms with E-state index >= 15 is 0 Å². The van der Waals surface area contributed by atoms with Crippen LogP contribution in [0.4, 0.5) is 0 Å². The molecule has 0 atom stereocenters. The molecular weight excluding hydrogens is 350 g/mol. The minimum atomic E-state index is -3.52. The summed E-state index contributed by atoms with van der Waals surface area (Å²) in [6.07, 6.45) is 9.86. The topological polar surface area (TPSA) is 71.4 Å². The predicted octanol–water partition coefficient (Wildman–Crippen LogP) is 2.96. The molecule has 26 heavy (non-hydrogen) atoms. The van der Waals surface area contributed by atoms with E-state index in [2.05, 4.69) is 5.32 Å². The van der Waals surface area contributed by atoms with Gasteiger partial charge in [0.05, 0.1) is 0 Å². The molecule has 0 radical (unpaired) electrons. The lowest BCUT2D eigenvalue weighted by atomic mass is 9.96. The van der Waals surface area contributed by atoms with E-state index in [1.54, 1.807) is 24.6 Å². The number of hydrogen-bond donors (Lipinski definition) is 1. The van der Waals surface area contributed by atoms with E-state index in [1.807, 2.05) is 0 Å². The van der Waals surface area contributed by atoms with Crippen LogP contribution in [0.1, 0.15) is 74.0 Å². The first-order valence-electron chi connectivity index (χ1n) is 9.88. The lowest BCUT2D eigenvalue weighted by Gasteiger charge is -2.21. The Balaban J connectivity index is 1.78. The van der Waals surface area contributed by atoms with Crippen LogP contribution in [0.3, 0.4) is 0 Å². The predicted molar refractivity (Wildman–Crippen MR) is 102 cm³/mol. The molecule has 1 N–H and O–H groups in total. The van der Waals surface area contributed by atoms with Gasteiger partial charge in [-0.05, 0) is 38.7 Å². The zero-order chi connectivity index (χ0) is 18.7. The van der Waals surface area contributed by atoms with Crippen molar-refractivity contribution in [1.82, 2.24) is 14.2 Å². The Kier molecular flexibility index (Phi) is 6.07. The highest BCUT2D eigenvalue weighted by atomic mass is 32.2. The van der Waals surface area contributed by atoms with Crippen LogP contribution in [0, 0.1) is 6.92 Å². The number of hydrogen-bond acceptors (Lipinski definition) is 3. The van der Waals surface area contributed by atoms with Gasteiger partial charge < -0.3 is 9.88 Å². The quantitative estimate of drug-likeness (QED) is 0.872. The number of aromatic nitrogens is 1. The van der Waals surface area contributed by atoms with E-state index in [0.717, 1.165) is 38.5 Å². The van der Waals surface area contributed by atoms with Gasteiger partial charge in [0, 0.05) is 31.9 Å². The summed E-state index contributed by atoms with van der Waals surface area (Å²) in [7, 11) is -1.75. The fourth-order valence-electron chi connectivity index (χ4n) is 4.08. The van der Waals surface area contributed by atoms with E-state index in [1.165, 1.54) is 23.6 Å². The zero-order valence-electron chi connectivity index (χ0n) is 16.0. The number of sulfonamides is 1. The highest BCUT2D eigenvalue weighted by Gasteiger charge is 2.32. The molecule has 146 valence electrons. The van der Waals surface area contributed by atoms with Crippen LogP contribution in [-0.2, 0) is 17.1 Å². The van der Waals surface area contributed by atoms with Gasteiger partial charge in [-0.1, -0.05) is 32.1 Å². The van der Waals surface area contributed by atoms with Crippen molar-refractivity contribution in [1.29, 1.82) is 0 Å². The van der Waals surface area contributed by atoms with E-state index in [9.17, 15) is 13.2 Å². The minimum Gasteiger partial charge on any atom is -0.348 e. The summed E-state index contributed by atoms with van der Waals surface area (Å²) in [4.78, 5) is 13.1. The maximum atomic E-state index is 12.9. The molecule has 0 aromatic carbocycles. The fraction of sp³-hybridized carbons (Fsp3) is 0.737. The van der Waals surface area contributed by atoms with Crippen molar-refractivity contribution in [3.63, 3.8) is 0 Å². The van der Waals surface area contributed by atoms with Gasteiger partial charge in [-0.2, -0.15) is 4.31 Å². The van der Waals surface area contributed by atoms with Crippen LogP contribution in [0.2, 0.25) is 0 Å². The van der Waals surface area contributed by atoms with Gasteiger partial charge >= 0.3 is 0 Å². The van der Waals surface area contributed by atoms with Crippen LogP contribution < -0.4 is 5.32 Å². The molecule has 2 fully saturated rings. The number of amides is 1. The monoisotopic (exact) mass is 381 g/mol. The van der Waals surface area contributed by atoms with Crippen molar-refractivity contribution in [3.05, 3.63) is 17.5 Å². The molecule has 1 saturated heterocycles. The van der Waals surface area contributed by atoms with Crippen molar-refractivity contribution in [2.75, 3.05) is 13.1 Å². The summed E-state index contributed by atoms with van der Waals surface area (Å²) in [6, 6.07) is 1.75. The average molecular weight is 382 g/mol. The zero-order valence-corrected chi connectivity index (χ0v) is 16.8. The Morgan fingerprint density at radius 3 is 2.23 bits per heavy atom. The first kappa shape index (κ1) is 19.4. The van der Waals surface area contributed by atoms with Crippen molar-refractivity contribution in [2.45, 2.75) is 75.6 Å². The standard InChI is InChI=1S/C19H31N3O3S/c1-15-18(26(24,25)22-12-8-9-13-22)14-17(21(15)2)19(23)20-16-10-6-4-3-5-7-11-16/h14,16H,3-13H2,1-2H3,(H,20,23). The lowest BCUT2D eigenvalue weighted by molar-refractivity contribution is 0.0922. The lowest BCUT2D eigenvalue weighted by Crippen LogP contribution is -2.36. The Labute approximate surface area is 157 Å². The molecule has 6 nitrogen and oxygen atoms in total.